The summed E-state index contributed by atoms with van der Waals surface area (Å²) in [7, 11) is 1.68. The maximum atomic E-state index is 12.6. The predicted octanol–water partition coefficient (Wildman–Crippen LogP) is 8.50. The molecule has 4 amide bonds. The lowest BCUT2D eigenvalue weighted by Crippen LogP contribution is -2.38. The van der Waals surface area contributed by atoms with Gasteiger partial charge in [-0.15, -0.1) is 0 Å². The van der Waals surface area contributed by atoms with Gasteiger partial charge < -0.3 is 20.7 Å². The van der Waals surface area contributed by atoms with E-state index < -0.39 is 0 Å². The van der Waals surface area contributed by atoms with Crippen LogP contribution >= 0.6 is 11.6 Å². The summed E-state index contributed by atoms with van der Waals surface area (Å²) in [5, 5.41) is 12.6. The van der Waals surface area contributed by atoms with Gasteiger partial charge in [0.15, 0.2) is 0 Å². The van der Waals surface area contributed by atoms with Gasteiger partial charge in [-0.05, 0) is 100 Å². The Balaban J connectivity index is 0.811. The molecule has 1 fully saturated rings. The normalized spacial score (nSPS) is 17.0. The number of amides is 4. The maximum Gasteiger partial charge on any atom is 0.253 e. The predicted molar refractivity (Wildman–Crippen MR) is 217 cm³/mol. The zero-order chi connectivity index (χ0) is 38.1. The highest BCUT2D eigenvalue weighted by Crippen LogP contribution is 2.34. The zero-order valence-corrected chi connectivity index (χ0v) is 32.7. The van der Waals surface area contributed by atoms with E-state index in [1.54, 1.807) is 7.11 Å². The Hall–Kier alpha value is -4.18. The van der Waals surface area contributed by atoms with E-state index in [1.807, 2.05) is 36.4 Å². The van der Waals surface area contributed by atoms with Gasteiger partial charge in [0.2, 0.25) is 11.8 Å². The van der Waals surface area contributed by atoms with Crippen molar-refractivity contribution in [3.63, 3.8) is 0 Å². The van der Waals surface area contributed by atoms with E-state index in [-0.39, 0.29) is 35.5 Å². The number of unbranched alkanes of at least 4 members (excludes halogenated alkanes) is 10. The van der Waals surface area contributed by atoms with Gasteiger partial charge in [-0.25, -0.2) is 4.98 Å². The lowest BCUT2D eigenvalue weighted by molar-refractivity contribution is -0.138. The van der Waals surface area contributed by atoms with Gasteiger partial charge in [0.1, 0.15) is 5.75 Å². The molecule has 0 atom stereocenters. The number of hydrogen-bond acceptors (Lipinski definition) is 7. The first-order chi connectivity index (χ1) is 26.3. The number of pyridine rings is 1. The third kappa shape index (κ3) is 12.4. The Morgan fingerprint density at radius 3 is 2.07 bits per heavy atom. The number of carbonyl (C=O) groups is 4. The minimum Gasteiger partial charge on any atom is -0.497 e. The van der Waals surface area contributed by atoms with E-state index in [1.165, 1.54) is 55.6 Å². The van der Waals surface area contributed by atoms with Gasteiger partial charge in [-0.3, -0.25) is 24.1 Å². The van der Waals surface area contributed by atoms with Crippen molar-refractivity contribution in [2.45, 2.75) is 109 Å². The van der Waals surface area contributed by atoms with Crippen molar-refractivity contribution < 1.29 is 23.9 Å². The van der Waals surface area contributed by atoms with Crippen LogP contribution in [0.25, 0.3) is 21.8 Å². The molecule has 0 saturated heterocycles. The maximum absolute atomic E-state index is 12.6. The second-order valence-electron chi connectivity index (χ2n) is 14.9. The molecule has 10 nitrogen and oxygen atoms in total. The van der Waals surface area contributed by atoms with Crippen LogP contribution in [0, 0.1) is 11.8 Å². The van der Waals surface area contributed by atoms with Gasteiger partial charge >= 0.3 is 0 Å². The molecule has 5 rings (SSSR count). The van der Waals surface area contributed by atoms with Crippen LogP contribution in [0.4, 0.5) is 5.69 Å². The van der Waals surface area contributed by atoms with Crippen molar-refractivity contribution in [3.05, 3.63) is 53.6 Å². The number of imide groups is 1. The molecule has 0 spiro atoms. The molecule has 2 aromatic carbocycles. The summed E-state index contributed by atoms with van der Waals surface area (Å²) < 4.78 is 5.48. The van der Waals surface area contributed by atoms with Crippen LogP contribution in [0.3, 0.4) is 0 Å². The van der Waals surface area contributed by atoms with Gasteiger partial charge in [-0.2, -0.15) is 0 Å². The number of carbonyl (C=O) groups excluding carboxylic acids is 4. The monoisotopic (exact) mass is 759 g/mol. The average Bonchev–Trinajstić information content (AvgIpc) is 3.49. The Kier molecular flexibility index (Phi) is 16.4. The van der Waals surface area contributed by atoms with Crippen LogP contribution < -0.4 is 20.7 Å². The average molecular weight is 760 g/mol. The van der Waals surface area contributed by atoms with E-state index >= 15 is 0 Å². The number of anilines is 1. The number of benzene rings is 2. The van der Waals surface area contributed by atoms with Crippen LogP contribution in [0.5, 0.6) is 5.75 Å². The number of nitrogens with zero attached hydrogens (tertiary/aromatic N) is 2. The molecule has 1 aromatic heterocycles. The molecule has 0 bridgehead atoms. The third-order valence-electron chi connectivity index (χ3n) is 10.9. The molecule has 0 radical (unpaired) electrons. The fourth-order valence-corrected chi connectivity index (χ4v) is 7.82. The van der Waals surface area contributed by atoms with Gasteiger partial charge in [0.05, 0.1) is 23.8 Å². The SMILES string of the molecule is COc1ccc2nc3cc(Cl)ccc3c(NCCCCCCCCCCCC(=O)NCCCCCNC(=O)C3CCC(CN4C(=O)C=CC4=O)CC3)c2c1. The molecular formula is C43H58ClN5O5. The summed E-state index contributed by atoms with van der Waals surface area (Å²) in [5.41, 5.74) is 2.88. The molecule has 3 aromatic rings. The highest BCUT2D eigenvalue weighted by atomic mass is 35.5. The third-order valence-corrected chi connectivity index (χ3v) is 11.1. The largest absolute Gasteiger partial charge is 0.497 e. The highest BCUT2D eigenvalue weighted by Gasteiger charge is 2.31. The Morgan fingerprint density at radius 1 is 0.741 bits per heavy atom. The molecule has 1 aliphatic heterocycles. The second kappa shape index (κ2) is 21.6. The number of rotatable bonds is 23. The number of halogens is 1. The van der Waals surface area contributed by atoms with Crippen molar-refractivity contribution in [1.82, 2.24) is 20.5 Å². The lowest BCUT2D eigenvalue weighted by atomic mass is 9.81. The first-order valence-corrected chi connectivity index (χ1v) is 20.6. The molecular weight excluding hydrogens is 702 g/mol. The number of ether oxygens (including phenoxy) is 1. The fourth-order valence-electron chi connectivity index (χ4n) is 7.65. The minimum atomic E-state index is -0.232. The van der Waals surface area contributed by atoms with Crippen LogP contribution in [0.15, 0.2) is 48.6 Å². The minimum absolute atomic E-state index is 0.0112. The Morgan fingerprint density at radius 2 is 1.37 bits per heavy atom. The Bertz CT molecular complexity index is 1740. The molecule has 11 heteroatoms. The molecule has 54 heavy (non-hydrogen) atoms. The zero-order valence-electron chi connectivity index (χ0n) is 31.9. The standard InChI is InChI=1S/C43H58ClN5O5/c1-54-34-20-22-37-36(29-34)42(35-21-19-33(44)28-38(35)48-37)46-26-11-8-6-4-2-3-5-7-10-14-39(50)45-25-12-9-13-27-47-43(53)32-17-15-31(16-18-32)30-49-40(51)23-24-41(49)52/h19-24,28-29,31-32H,2-18,25-27,30H2,1H3,(H,45,50)(H,46,48)(H,47,53). The highest BCUT2D eigenvalue weighted by molar-refractivity contribution is 6.31. The van der Waals surface area contributed by atoms with Crippen LogP contribution in [0.2, 0.25) is 5.02 Å². The van der Waals surface area contributed by atoms with Crippen molar-refractivity contribution >= 4 is 62.7 Å². The van der Waals surface area contributed by atoms with E-state index in [4.69, 9.17) is 21.3 Å². The topological polar surface area (TPSA) is 130 Å². The molecule has 3 N–H and O–H groups in total. The van der Waals surface area contributed by atoms with Crippen molar-refractivity contribution in [3.8, 4) is 5.75 Å². The summed E-state index contributed by atoms with van der Waals surface area (Å²) >= 11 is 6.26. The van der Waals surface area contributed by atoms with Crippen LogP contribution in [0.1, 0.15) is 109 Å². The van der Waals surface area contributed by atoms with E-state index in [2.05, 4.69) is 16.0 Å². The number of fused-ring (bicyclic) bond motifs is 2. The molecule has 2 heterocycles. The first kappa shape index (κ1) is 41.0. The molecule has 1 saturated carbocycles. The lowest BCUT2D eigenvalue weighted by Gasteiger charge is -2.30. The Labute approximate surface area is 325 Å². The van der Waals surface area contributed by atoms with Crippen molar-refractivity contribution in [2.24, 2.45) is 11.8 Å². The van der Waals surface area contributed by atoms with Crippen molar-refractivity contribution in [1.29, 1.82) is 0 Å². The van der Waals surface area contributed by atoms with Gasteiger partial charge in [-0.1, -0.05) is 56.5 Å². The summed E-state index contributed by atoms with van der Waals surface area (Å²) in [6, 6.07) is 11.8. The van der Waals surface area contributed by atoms with Crippen LogP contribution in [-0.4, -0.2) is 66.8 Å². The number of hydrogen-bond donors (Lipinski definition) is 3. The van der Waals surface area contributed by atoms with Gasteiger partial charge in [0, 0.05) is 66.5 Å². The number of aromatic nitrogens is 1. The summed E-state index contributed by atoms with van der Waals surface area (Å²) in [6.45, 7) is 2.69. The number of methoxy groups -OCH3 is 1. The molecule has 0 unspecified atom stereocenters. The quantitative estimate of drug-likeness (QED) is 0.0502. The fraction of sp³-hybridized carbons (Fsp3) is 0.558. The number of nitrogens with one attached hydrogen (secondary N) is 3. The van der Waals surface area contributed by atoms with Crippen molar-refractivity contribution in [2.75, 3.05) is 38.6 Å². The van der Waals surface area contributed by atoms with Gasteiger partial charge in [0.25, 0.3) is 11.8 Å². The molecule has 2 aliphatic rings. The van der Waals surface area contributed by atoms with E-state index in [0.29, 0.717) is 31.1 Å². The second-order valence-corrected chi connectivity index (χ2v) is 15.4. The summed E-state index contributed by atoms with van der Waals surface area (Å²) in [4.78, 5) is 54.6. The smallest absolute Gasteiger partial charge is 0.253 e. The first-order valence-electron chi connectivity index (χ1n) is 20.2. The summed E-state index contributed by atoms with van der Waals surface area (Å²) in [5.74, 6) is 0.881. The van der Waals surface area contributed by atoms with E-state index in [9.17, 15) is 19.2 Å². The molecule has 1 aliphatic carbocycles. The van der Waals surface area contributed by atoms with E-state index in [0.717, 1.165) is 104 Å². The molecule has 292 valence electrons. The summed E-state index contributed by atoms with van der Waals surface area (Å²) in [6.07, 6.45) is 19.7. The van der Waals surface area contributed by atoms with Crippen LogP contribution in [-0.2, 0) is 19.2 Å².